The van der Waals surface area contributed by atoms with Gasteiger partial charge in [0.05, 0.1) is 20.3 Å². The molecule has 2 aliphatic rings. The molecule has 1 N–H and O–H groups in total. The summed E-state index contributed by atoms with van der Waals surface area (Å²) >= 11 is 0. The van der Waals surface area contributed by atoms with Crippen LogP contribution < -0.4 is 0 Å². The third-order valence-electron chi connectivity index (χ3n) is 6.78. The van der Waals surface area contributed by atoms with Gasteiger partial charge in [-0.1, -0.05) is 32.4 Å². The van der Waals surface area contributed by atoms with Crippen molar-refractivity contribution in [3.63, 3.8) is 0 Å². The van der Waals surface area contributed by atoms with Crippen molar-refractivity contribution in [3.05, 3.63) is 12.2 Å². The molecule has 2 fully saturated rings. The van der Waals surface area contributed by atoms with E-state index < -0.39 is 5.79 Å². The number of rotatable bonds is 14. The summed E-state index contributed by atoms with van der Waals surface area (Å²) < 4.78 is 16.7. The van der Waals surface area contributed by atoms with Gasteiger partial charge in [-0.25, -0.2) is 0 Å². The largest absolute Gasteiger partial charge is 0.469 e. The van der Waals surface area contributed by atoms with Gasteiger partial charge >= 0.3 is 5.97 Å². The van der Waals surface area contributed by atoms with Gasteiger partial charge in [0.15, 0.2) is 5.79 Å². The van der Waals surface area contributed by atoms with E-state index in [2.05, 4.69) is 30.7 Å². The zero-order valence-corrected chi connectivity index (χ0v) is 19.6. The maximum Gasteiger partial charge on any atom is 0.305 e. The molecule has 0 aromatic rings. The van der Waals surface area contributed by atoms with Crippen molar-refractivity contribution in [2.45, 2.75) is 83.8 Å². The predicted molar refractivity (Wildman–Crippen MR) is 119 cm³/mol. The third kappa shape index (κ3) is 8.32. The number of Topliss-reactive ketones (excluding diaryl/α,β-unsaturated/α-hetero) is 1. The molecule has 1 aliphatic carbocycles. The molecular weight excluding hydrogens is 396 g/mol. The van der Waals surface area contributed by atoms with E-state index in [4.69, 9.17) is 9.47 Å². The van der Waals surface area contributed by atoms with Crippen molar-refractivity contribution in [3.8, 4) is 0 Å². The zero-order chi connectivity index (χ0) is 22.7. The molecule has 178 valence electrons. The summed E-state index contributed by atoms with van der Waals surface area (Å²) in [5, 5.41) is 9.87. The maximum atomic E-state index is 12.7. The quantitative estimate of drug-likeness (QED) is 0.245. The van der Waals surface area contributed by atoms with E-state index in [-0.39, 0.29) is 36.1 Å². The number of carbonyl (C=O) groups is 2. The number of ether oxygens (including phenoxy) is 3. The van der Waals surface area contributed by atoms with Crippen LogP contribution in [0, 0.1) is 23.7 Å². The molecule has 0 radical (unpaired) electrons. The number of hydrogen-bond acceptors (Lipinski definition) is 6. The fourth-order valence-corrected chi connectivity index (χ4v) is 4.98. The molecular formula is C25H42O6. The number of unbranched alkanes of at least 4 members (excludes halogenated alkanes) is 1. The highest BCUT2D eigenvalue weighted by Crippen LogP contribution is 2.42. The Morgan fingerprint density at radius 3 is 2.61 bits per heavy atom. The van der Waals surface area contributed by atoms with Crippen LogP contribution in [0.5, 0.6) is 0 Å². The van der Waals surface area contributed by atoms with Crippen LogP contribution in [0.25, 0.3) is 0 Å². The summed E-state index contributed by atoms with van der Waals surface area (Å²) in [5.74, 6) is 0.339. The molecule has 2 rings (SSSR count). The van der Waals surface area contributed by atoms with Gasteiger partial charge in [-0.15, -0.1) is 0 Å². The summed E-state index contributed by atoms with van der Waals surface area (Å²) in [6.07, 6.45) is 12.0. The van der Waals surface area contributed by atoms with E-state index in [0.717, 1.165) is 44.9 Å². The Hall–Kier alpha value is -1.24. The Labute approximate surface area is 187 Å². The molecule has 0 amide bonds. The van der Waals surface area contributed by atoms with E-state index in [1.807, 2.05) is 0 Å². The molecule has 0 aromatic heterocycles. The molecule has 0 aromatic carbocycles. The highest BCUT2D eigenvalue weighted by molar-refractivity contribution is 5.84. The molecule has 1 saturated carbocycles. The number of allylic oxidation sites excluding steroid dienone is 2. The molecule has 1 aliphatic heterocycles. The Morgan fingerprint density at radius 1 is 1.23 bits per heavy atom. The van der Waals surface area contributed by atoms with Gasteiger partial charge in [-0.05, 0) is 49.9 Å². The average molecular weight is 439 g/mol. The number of esters is 1. The van der Waals surface area contributed by atoms with Crippen LogP contribution >= 0.6 is 0 Å². The zero-order valence-electron chi connectivity index (χ0n) is 19.6. The number of aliphatic hydroxyl groups excluding tert-OH is 1. The van der Waals surface area contributed by atoms with Crippen LogP contribution in [0.1, 0.15) is 78.1 Å². The standard InChI is InChI=1S/C25H42O6/c1-19(2)9-8-13-25(30-15-16-31-25)14-12-21-20(18-26)17-23(27)22(21)10-6-4-5-7-11-24(28)29-3/h4,6,19-22,26H,5,7-18H2,1-3H3/b6-4-/t20?,21-,22?/m0/s1. The SMILES string of the molecule is COC(=O)CCC/C=C\CC1C(=O)CC(CO)[C@@H]1CCC1(CCCC(C)C)OCCO1. The van der Waals surface area contributed by atoms with Gasteiger partial charge in [0.25, 0.3) is 0 Å². The lowest BCUT2D eigenvalue weighted by atomic mass is 9.82. The molecule has 6 nitrogen and oxygen atoms in total. The number of aliphatic hydroxyl groups is 1. The van der Waals surface area contributed by atoms with Gasteiger partial charge in [-0.2, -0.15) is 0 Å². The number of methoxy groups -OCH3 is 1. The van der Waals surface area contributed by atoms with Gasteiger partial charge in [0.1, 0.15) is 5.78 Å². The first-order chi connectivity index (χ1) is 14.9. The van der Waals surface area contributed by atoms with E-state index in [9.17, 15) is 14.7 Å². The lowest BCUT2D eigenvalue weighted by Gasteiger charge is -2.31. The molecule has 6 heteroatoms. The lowest BCUT2D eigenvalue weighted by molar-refractivity contribution is -0.171. The fourth-order valence-electron chi connectivity index (χ4n) is 4.98. The van der Waals surface area contributed by atoms with E-state index in [1.54, 1.807) is 0 Å². The second-order valence-corrected chi connectivity index (χ2v) is 9.49. The number of carbonyl (C=O) groups excluding carboxylic acids is 2. The maximum absolute atomic E-state index is 12.7. The van der Waals surface area contributed by atoms with Gasteiger partial charge in [0, 0.05) is 38.2 Å². The first-order valence-electron chi connectivity index (χ1n) is 12.0. The molecule has 0 spiro atoms. The second kappa shape index (κ2) is 13.3. The van der Waals surface area contributed by atoms with E-state index >= 15 is 0 Å². The van der Waals surface area contributed by atoms with Crippen LogP contribution in [-0.4, -0.2) is 49.6 Å². The molecule has 1 saturated heterocycles. The van der Waals surface area contributed by atoms with Crippen LogP contribution in [0.2, 0.25) is 0 Å². The Morgan fingerprint density at radius 2 is 1.97 bits per heavy atom. The minimum Gasteiger partial charge on any atom is -0.469 e. The van der Waals surface area contributed by atoms with Crippen molar-refractivity contribution >= 4 is 11.8 Å². The average Bonchev–Trinajstić information content (AvgIpc) is 3.33. The highest BCUT2D eigenvalue weighted by Gasteiger charge is 2.44. The van der Waals surface area contributed by atoms with Gasteiger partial charge in [0.2, 0.25) is 0 Å². The summed E-state index contributed by atoms with van der Waals surface area (Å²) in [6, 6.07) is 0. The highest BCUT2D eigenvalue weighted by atomic mass is 16.7. The minimum absolute atomic E-state index is 0.0272. The van der Waals surface area contributed by atoms with Crippen LogP contribution in [-0.2, 0) is 23.8 Å². The normalized spacial score (nSPS) is 25.7. The van der Waals surface area contributed by atoms with Crippen LogP contribution in [0.15, 0.2) is 12.2 Å². The molecule has 2 unspecified atom stereocenters. The van der Waals surface area contributed by atoms with Crippen molar-refractivity contribution in [2.75, 3.05) is 26.9 Å². The summed E-state index contributed by atoms with van der Waals surface area (Å²) in [7, 11) is 1.40. The molecule has 3 atom stereocenters. The minimum atomic E-state index is -0.519. The summed E-state index contributed by atoms with van der Waals surface area (Å²) in [5.41, 5.74) is 0. The van der Waals surface area contributed by atoms with E-state index in [1.165, 1.54) is 7.11 Å². The number of hydrogen-bond donors (Lipinski definition) is 1. The fraction of sp³-hybridized carbons (Fsp3) is 0.840. The first kappa shape index (κ1) is 26.0. The van der Waals surface area contributed by atoms with Crippen LogP contribution in [0.3, 0.4) is 0 Å². The lowest BCUT2D eigenvalue weighted by Crippen LogP contribution is -2.32. The van der Waals surface area contributed by atoms with Crippen molar-refractivity contribution in [1.82, 2.24) is 0 Å². The van der Waals surface area contributed by atoms with Crippen LogP contribution in [0.4, 0.5) is 0 Å². The van der Waals surface area contributed by atoms with Crippen molar-refractivity contribution < 1.29 is 28.9 Å². The number of ketones is 1. The van der Waals surface area contributed by atoms with Gasteiger partial charge in [-0.3, -0.25) is 9.59 Å². The molecule has 31 heavy (non-hydrogen) atoms. The monoisotopic (exact) mass is 438 g/mol. The Kier molecular flexibility index (Phi) is 11.2. The topological polar surface area (TPSA) is 82.1 Å². The molecule has 0 bridgehead atoms. The third-order valence-corrected chi connectivity index (χ3v) is 6.78. The van der Waals surface area contributed by atoms with E-state index in [0.29, 0.717) is 38.4 Å². The second-order valence-electron chi connectivity index (χ2n) is 9.49. The van der Waals surface area contributed by atoms with Gasteiger partial charge < -0.3 is 19.3 Å². The summed E-state index contributed by atoms with van der Waals surface area (Å²) in [4.78, 5) is 23.8. The predicted octanol–water partition coefficient (Wildman–Crippen LogP) is 4.44. The smallest absolute Gasteiger partial charge is 0.305 e. The Balaban J connectivity index is 1.89. The first-order valence-corrected chi connectivity index (χ1v) is 12.0. The molecule has 1 heterocycles. The Bertz CT molecular complexity index is 579. The van der Waals surface area contributed by atoms with Crippen molar-refractivity contribution in [1.29, 1.82) is 0 Å². The van der Waals surface area contributed by atoms with Crippen molar-refractivity contribution in [2.24, 2.45) is 23.7 Å². The summed E-state index contributed by atoms with van der Waals surface area (Å²) in [6.45, 7) is 5.77.